The summed E-state index contributed by atoms with van der Waals surface area (Å²) in [5.41, 5.74) is 1.63. The van der Waals surface area contributed by atoms with Gasteiger partial charge in [-0.2, -0.15) is 8.42 Å². The molecule has 9 nitrogen and oxygen atoms in total. The molecule has 0 bridgehead atoms. The van der Waals surface area contributed by atoms with E-state index in [2.05, 4.69) is 5.32 Å². The van der Waals surface area contributed by atoms with Crippen molar-refractivity contribution in [3.05, 3.63) is 99.9 Å². The third kappa shape index (κ3) is 6.28. The highest BCUT2D eigenvalue weighted by molar-refractivity contribution is 8.18. The number of hydrogen-bond donors (Lipinski definition) is 1. The summed E-state index contributed by atoms with van der Waals surface area (Å²) in [6, 6.07) is 21.8. The Morgan fingerprint density at radius 1 is 1.00 bits per heavy atom. The first-order valence-electron chi connectivity index (χ1n) is 12.5. The van der Waals surface area contributed by atoms with E-state index in [1.165, 1.54) is 61.4 Å². The Morgan fingerprint density at radius 2 is 1.71 bits per heavy atom. The van der Waals surface area contributed by atoms with Crippen LogP contribution < -0.4 is 14.2 Å². The van der Waals surface area contributed by atoms with E-state index in [1.807, 2.05) is 42.5 Å². The quantitative estimate of drug-likeness (QED) is 0.176. The number of carbonyl (C=O) groups excluding carboxylic acids is 3. The Balaban J connectivity index is 1.36. The minimum Gasteiger partial charge on any atom is -0.493 e. The molecule has 1 aliphatic heterocycles. The third-order valence-corrected chi connectivity index (χ3v) is 8.66. The number of carbonyl (C=O) groups is 3. The van der Waals surface area contributed by atoms with E-state index in [4.69, 9.17) is 20.5 Å². The Bertz CT molecular complexity index is 1870. The van der Waals surface area contributed by atoms with Crippen molar-refractivity contribution in [1.82, 2.24) is 4.90 Å². The smallest absolute Gasteiger partial charge is 0.339 e. The number of ether oxygens (including phenoxy) is 1. The van der Waals surface area contributed by atoms with Gasteiger partial charge in [0.2, 0.25) is 11.7 Å². The molecule has 4 aromatic carbocycles. The summed E-state index contributed by atoms with van der Waals surface area (Å²) < 4.78 is 36.5. The highest BCUT2D eigenvalue weighted by atomic mass is 35.5. The van der Waals surface area contributed by atoms with Crippen LogP contribution in [0, 0.1) is 0 Å². The average molecular weight is 623 g/mol. The second-order valence-electron chi connectivity index (χ2n) is 9.23. The van der Waals surface area contributed by atoms with Crippen molar-refractivity contribution in [3.63, 3.8) is 0 Å². The van der Waals surface area contributed by atoms with Crippen LogP contribution in [0.25, 0.3) is 16.8 Å². The Hall–Kier alpha value is -4.32. The standard InChI is InChI=1S/C30H23ClN2O7S2/c1-18(34)32-23-9-11-24(12-10-23)42(37,38)40-28-25(31)14-20(15-26(28)39-2)16-27-29(35)33(30(36)41-27)17-19-7-8-21-5-3-4-6-22(21)13-19/h3-16H,17H2,1-2H3,(H,32,34)/b27-16-. The first-order valence-corrected chi connectivity index (χ1v) is 15.1. The van der Waals surface area contributed by atoms with Gasteiger partial charge in [0.15, 0.2) is 5.75 Å². The van der Waals surface area contributed by atoms with Crippen molar-refractivity contribution in [1.29, 1.82) is 0 Å². The van der Waals surface area contributed by atoms with Gasteiger partial charge < -0.3 is 14.2 Å². The van der Waals surface area contributed by atoms with Gasteiger partial charge in [-0.05, 0) is 82.2 Å². The number of thioether (sulfide) groups is 1. The fraction of sp³-hybridized carbons (Fsp3) is 0.100. The predicted molar refractivity (Wildman–Crippen MR) is 162 cm³/mol. The first kappa shape index (κ1) is 29.2. The number of benzene rings is 4. The molecule has 1 saturated heterocycles. The van der Waals surface area contributed by atoms with Crippen molar-refractivity contribution < 1.29 is 31.7 Å². The molecule has 4 aromatic rings. The van der Waals surface area contributed by atoms with Gasteiger partial charge in [-0.15, -0.1) is 0 Å². The SMILES string of the molecule is COc1cc(/C=C2\SC(=O)N(Cc3ccc4ccccc4c3)C2=O)cc(Cl)c1OS(=O)(=O)c1ccc(NC(C)=O)cc1. The molecule has 5 rings (SSSR count). The number of nitrogens with one attached hydrogen (secondary N) is 1. The average Bonchev–Trinajstić information content (AvgIpc) is 3.21. The largest absolute Gasteiger partial charge is 0.493 e. The molecular weight excluding hydrogens is 600 g/mol. The fourth-order valence-electron chi connectivity index (χ4n) is 4.28. The van der Waals surface area contributed by atoms with Crippen molar-refractivity contribution in [2.45, 2.75) is 18.4 Å². The van der Waals surface area contributed by atoms with Gasteiger partial charge >= 0.3 is 10.1 Å². The lowest BCUT2D eigenvalue weighted by atomic mass is 10.1. The van der Waals surface area contributed by atoms with E-state index < -0.39 is 21.3 Å². The van der Waals surface area contributed by atoms with Crippen molar-refractivity contribution in [3.8, 4) is 11.5 Å². The Morgan fingerprint density at radius 3 is 2.40 bits per heavy atom. The number of anilines is 1. The van der Waals surface area contributed by atoms with Crippen LogP contribution in [0.3, 0.4) is 0 Å². The first-order chi connectivity index (χ1) is 20.0. The van der Waals surface area contributed by atoms with E-state index in [9.17, 15) is 22.8 Å². The van der Waals surface area contributed by atoms with Crippen molar-refractivity contribution in [2.24, 2.45) is 0 Å². The zero-order valence-corrected chi connectivity index (χ0v) is 24.7. The zero-order chi connectivity index (χ0) is 30.0. The molecule has 0 spiro atoms. The normalized spacial score (nSPS) is 14.5. The molecule has 1 N–H and O–H groups in total. The monoisotopic (exact) mass is 622 g/mol. The lowest BCUT2D eigenvalue weighted by Crippen LogP contribution is -2.27. The van der Waals surface area contributed by atoms with Crippen LogP contribution in [0.1, 0.15) is 18.1 Å². The highest BCUT2D eigenvalue weighted by Gasteiger charge is 2.35. The summed E-state index contributed by atoms with van der Waals surface area (Å²) in [5.74, 6) is -0.999. The molecule has 12 heteroatoms. The summed E-state index contributed by atoms with van der Waals surface area (Å²) in [7, 11) is -3.00. The lowest BCUT2D eigenvalue weighted by Gasteiger charge is -2.14. The molecule has 42 heavy (non-hydrogen) atoms. The molecule has 0 aliphatic carbocycles. The maximum absolute atomic E-state index is 13.1. The number of hydrogen-bond acceptors (Lipinski definition) is 8. The van der Waals surface area contributed by atoms with Crippen LogP contribution in [-0.2, 0) is 26.3 Å². The van der Waals surface area contributed by atoms with Gasteiger partial charge in [0.1, 0.15) is 4.90 Å². The summed E-state index contributed by atoms with van der Waals surface area (Å²) in [6.07, 6.45) is 1.48. The van der Waals surface area contributed by atoms with Crippen LogP contribution in [0.4, 0.5) is 10.5 Å². The number of methoxy groups -OCH3 is 1. The predicted octanol–water partition coefficient (Wildman–Crippen LogP) is 6.46. The number of nitrogens with zero attached hydrogens (tertiary/aromatic N) is 1. The Labute approximate surface area is 251 Å². The van der Waals surface area contributed by atoms with Crippen LogP contribution >= 0.6 is 23.4 Å². The van der Waals surface area contributed by atoms with Crippen LogP contribution in [0.15, 0.2) is 88.7 Å². The van der Waals surface area contributed by atoms with Crippen LogP contribution in [0.5, 0.6) is 11.5 Å². The summed E-state index contributed by atoms with van der Waals surface area (Å²) >= 11 is 7.20. The summed E-state index contributed by atoms with van der Waals surface area (Å²) in [6.45, 7) is 1.45. The third-order valence-electron chi connectivity index (χ3n) is 6.23. The van der Waals surface area contributed by atoms with Gasteiger partial charge in [-0.3, -0.25) is 19.3 Å². The van der Waals surface area contributed by atoms with Gasteiger partial charge in [0, 0.05) is 12.6 Å². The summed E-state index contributed by atoms with van der Waals surface area (Å²) in [5, 5.41) is 4.12. The molecule has 0 aromatic heterocycles. The zero-order valence-electron chi connectivity index (χ0n) is 22.3. The van der Waals surface area contributed by atoms with E-state index in [1.54, 1.807) is 0 Å². The molecule has 214 valence electrons. The number of imide groups is 1. The van der Waals surface area contributed by atoms with E-state index in [-0.39, 0.29) is 38.8 Å². The number of halogens is 1. The number of amides is 3. The molecule has 3 amide bonds. The van der Waals surface area contributed by atoms with Gasteiger partial charge in [0.25, 0.3) is 11.1 Å². The molecule has 1 fully saturated rings. The van der Waals surface area contributed by atoms with E-state index >= 15 is 0 Å². The molecule has 0 saturated carbocycles. The molecule has 0 radical (unpaired) electrons. The van der Waals surface area contributed by atoms with E-state index in [0.29, 0.717) is 11.3 Å². The minimum atomic E-state index is -4.32. The fourth-order valence-corrected chi connectivity index (χ4v) is 6.38. The molecule has 1 aliphatic rings. The molecule has 0 unspecified atom stereocenters. The highest BCUT2D eigenvalue weighted by Crippen LogP contribution is 2.40. The van der Waals surface area contributed by atoms with Crippen molar-refractivity contribution >= 4 is 73.1 Å². The van der Waals surface area contributed by atoms with Crippen LogP contribution in [0.2, 0.25) is 5.02 Å². The van der Waals surface area contributed by atoms with Gasteiger partial charge in [-0.1, -0.05) is 48.0 Å². The maximum atomic E-state index is 13.1. The molecule has 1 heterocycles. The lowest BCUT2D eigenvalue weighted by molar-refractivity contribution is -0.123. The maximum Gasteiger partial charge on any atom is 0.339 e. The second kappa shape index (κ2) is 11.9. The topological polar surface area (TPSA) is 119 Å². The van der Waals surface area contributed by atoms with Crippen LogP contribution in [-0.4, -0.2) is 37.5 Å². The Kier molecular flexibility index (Phi) is 8.26. The second-order valence-corrected chi connectivity index (χ2v) is 12.2. The number of rotatable bonds is 8. The summed E-state index contributed by atoms with van der Waals surface area (Å²) in [4.78, 5) is 38.3. The number of fused-ring (bicyclic) bond motifs is 1. The van der Waals surface area contributed by atoms with Gasteiger partial charge in [-0.25, -0.2) is 0 Å². The molecule has 0 atom stereocenters. The molecular formula is C30H23ClN2O7S2. The minimum absolute atomic E-state index is 0.00239. The van der Waals surface area contributed by atoms with Gasteiger partial charge in [0.05, 0.1) is 23.6 Å². The van der Waals surface area contributed by atoms with Crippen molar-refractivity contribution in [2.75, 3.05) is 12.4 Å². The van der Waals surface area contributed by atoms with E-state index in [0.717, 1.165) is 28.1 Å².